The van der Waals surface area contributed by atoms with Crippen LogP contribution in [-0.4, -0.2) is 23.0 Å². The highest BCUT2D eigenvalue weighted by Crippen LogP contribution is 2.28. The van der Waals surface area contributed by atoms with Crippen molar-refractivity contribution in [2.75, 3.05) is 10.6 Å². The van der Waals surface area contributed by atoms with E-state index < -0.39 is 11.0 Å². The van der Waals surface area contributed by atoms with Gasteiger partial charge >= 0.3 is 0 Å². The third kappa shape index (κ3) is 5.13. The van der Waals surface area contributed by atoms with E-state index in [1.165, 1.54) is 31.0 Å². The summed E-state index contributed by atoms with van der Waals surface area (Å²) in [7, 11) is 0. The number of benzene rings is 2. The monoisotopic (exact) mass is 403 g/mol. The number of hydrogen-bond acceptors (Lipinski definition) is 5. The number of carbonyl (C=O) groups excluding carboxylic acids is 1. The summed E-state index contributed by atoms with van der Waals surface area (Å²) in [5.41, 5.74) is 0.963. The predicted molar refractivity (Wildman–Crippen MR) is 109 cm³/mol. The van der Waals surface area contributed by atoms with Crippen LogP contribution in [0.3, 0.4) is 0 Å². The van der Waals surface area contributed by atoms with Gasteiger partial charge in [-0.25, -0.2) is 0 Å². The first-order valence-electron chi connectivity index (χ1n) is 9.20. The summed E-state index contributed by atoms with van der Waals surface area (Å²) in [5.74, 6) is 0.473. The Morgan fingerprint density at radius 2 is 2.00 bits per heavy atom. The topological polar surface area (TPSA) is 93.5 Å². The van der Waals surface area contributed by atoms with Gasteiger partial charge in [-0.3, -0.25) is 14.9 Å². The summed E-state index contributed by atoms with van der Waals surface area (Å²) in [4.78, 5) is 22.7. The molecule has 8 heteroatoms. The molecule has 1 atom stereocenters. The van der Waals surface area contributed by atoms with Gasteiger partial charge in [-0.05, 0) is 50.8 Å². The molecule has 1 saturated carbocycles. The third-order valence-electron chi connectivity index (χ3n) is 4.64. The fourth-order valence-corrected chi connectivity index (χ4v) is 3.36. The van der Waals surface area contributed by atoms with Gasteiger partial charge in [0.15, 0.2) is 0 Å². The lowest BCUT2D eigenvalue weighted by Crippen LogP contribution is -2.32. The van der Waals surface area contributed by atoms with Crippen molar-refractivity contribution in [1.29, 1.82) is 0 Å². The molecule has 0 heterocycles. The van der Waals surface area contributed by atoms with E-state index in [1.54, 1.807) is 6.92 Å². The molecule has 148 valence electrons. The smallest absolute Gasteiger partial charge is 0.271 e. The molecular weight excluding hydrogens is 382 g/mol. The van der Waals surface area contributed by atoms with Crippen LogP contribution in [0.25, 0.3) is 0 Å². The second-order valence-electron chi connectivity index (χ2n) is 6.83. The highest BCUT2D eigenvalue weighted by atomic mass is 35.5. The van der Waals surface area contributed by atoms with Crippen LogP contribution in [0.15, 0.2) is 42.5 Å². The zero-order chi connectivity index (χ0) is 20.1. The average Bonchev–Trinajstić information content (AvgIpc) is 3.16. The van der Waals surface area contributed by atoms with E-state index in [-0.39, 0.29) is 22.7 Å². The van der Waals surface area contributed by atoms with Crippen molar-refractivity contribution in [3.05, 3.63) is 57.6 Å². The van der Waals surface area contributed by atoms with Crippen LogP contribution in [0.1, 0.15) is 32.6 Å². The highest BCUT2D eigenvalue weighted by molar-refractivity contribution is 6.34. The molecule has 2 aromatic carbocycles. The molecule has 28 heavy (non-hydrogen) atoms. The van der Waals surface area contributed by atoms with E-state index in [4.69, 9.17) is 16.3 Å². The first kappa shape index (κ1) is 19.9. The molecule has 3 rings (SSSR count). The molecule has 0 radical (unpaired) electrons. The molecule has 1 fully saturated rings. The third-order valence-corrected chi connectivity index (χ3v) is 4.95. The molecule has 0 spiro atoms. The Morgan fingerprint density at radius 3 is 2.68 bits per heavy atom. The maximum atomic E-state index is 12.5. The fraction of sp³-hybridized carbons (Fsp3) is 0.350. The van der Waals surface area contributed by atoms with E-state index >= 15 is 0 Å². The van der Waals surface area contributed by atoms with E-state index in [1.807, 2.05) is 24.3 Å². The van der Waals surface area contributed by atoms with Crippen LogP contribution in [0.2, 0.25) is 5.02 Å². The quantitative estimate of drug-likeness (QED) is 0.500. The molecule has 2 aromatic rings. The van der Waals surface area contributed by atoms with E-state index in [0.717, 1.165) is 24.3 Å². The van der Waals surface area contributed by atoms with Gasteiger partial charge in [0.2, 0.25) is 5.91 Å². The summed E-state index contributed by atoms with van der Waals surface area (Å²) in [6.07, 6.45) is 4.81. The van der Waals surface area contributed by atoms with Crippen molar-refractivity contribution in [2.24, 2.45) is 0 Å². The Balaban J connectivity index is 1.60. The molecule has 1 amide bonds. The number of ether oxygens (including phenoxy) is 1. The normalized spacial score (nSPS) is 15.1. The van der Waals surface area contributed by atoms with Gasteiger partial charge in [0.25, 0.3) is 5.69 Å². The summed E-state index contributed by atoms with van der Waals surface area (Å²) in [6.45, 7) is 1.72. The Morgan fingerprint density at radius 1 is 1.25 bits per heavy atom. The first-order chi connectivity index (χ1) is 13.4. The van der Waals surface area contributed by atoms with E-state index in [2.05, 4.69) is 10.6 Å². The van der Waals surface area contributed by atoms with Crippen LogP contribution in [0.4, 0.5) is 17.1 Å². The predicted octanol–water partition coefficient (Wildman–Crippen LogP) is 5.01. The second kappa shape index (κ2) is 8.93. The number of hydrogen-bond donors (Lipinski definition) is 2. The molecule has 0 saturated heterocycles. The molecule has 0 aromatic heterocycles. The summed E-state index contributed by atoms with van der Waals surface area (Å²) < 4.78 is 5.99. The van der Waals surface area contributed by atoms with Gasteiger partial charge in [0.1, 0.15) is 11.8 Å². The minimum absolute atomic E-state index is 0.113. The number of carbonyl (C=O) groups is 1. The second-order valence-corrected chi connectivity index (χ2v) is 7.24. The van der Waals surface area contributed by atoms with Gasteiger partial charge in [-0.1, -0.05) is 17.7 Å². The lowest BCUT2D eigenvalue weighted by Gasteiger charge is -2.18. The lowest BCUT2D eigenvalue weighted by molar-refractivity contribution is -0.384. The molecule has 0 bridgehead atoms. The summed E-state index contributed by atoms with van der Waals surface area (Å²) in [6, 6.07) is 10.9. The maximum absolute atomic E-state index is 12.5. The standard InChI is InChI=1S/C20H22ClN3O4/c1-13(20(25)23-19-10-9-15(24(26)27)12-18(19)21)22-14-5-4-8-17(11-14)28-16-6-2-3-7-16/h4-5,8-13,16,22H,2-3,6-7H2,1H3,(H,23,25). The zero-order valence-corrected chi connectivity index (χ0v) is 16.2. The number of halogens is 1. The number of nitro groups is 1. The Hall–Kier alpha value is -2.80. The minimum atomic E-state index is -0.548. The van der Waals surface area contributed by atoms with Crippen molar-refractivity contribution in [1.82, 2.24) is 0 Å². The van der Waals surface area contributed by atoms with Gasteiger partial charge in [-0.15, -0.1) is 0 Å². The van der Waals surface area contributed by atoms with Crippen LogP contribution in [-0.2, 0) is 4.79 Å². The summed E-state index contributed by atoms with van der Waals surface area (Å²) >= 11 is 6.03. The van der Waals surface area contributed by atoms with Gasteiger partial charge in [0.05, 0.1) is 21.7 Å². The van der Waals surface area contributed by atoms with Gasteiger partial charge in [-0.2, -0.15) is 0 Å². The lowest BCUT2D eigenvalue weighted by atomic mass is 10.2. The van der Waals surface area contributed by atoms with E-state index in [9.17, 15) is 14.9 Å². The van der Waals surface area contributed by atoms with Crippen molar-refractivity contribution in [3.8, 4) is 5.75 Å². The molecule has 1 aliphatic rings. The molecule has 7 nitrogen and oxygen atoms in total. The molecule has 0 aliphatic heterocycles. The Bertz CT molecular complexity index is 868. The molecule has 1 aliphatic carbocycles. The fourth-order valence-electron chi connectivity index (χ4n) is 3.13. The maximum Gasteiger partial charge on any atom is 0.271 e. The van der Waals surface area contributed by atoms with Gasteiger partial charge in [0, 0.05) is 23.9 Å². The SMILES string of the molecule is CC(Nc1cccc(OC2CCCC2)c1)C(=O)Nc1ccc([N+](=O)[O-])cc1Cl. The van der Waals surface area contributed by atoms with Crippen LogP contribution < -0.4 is 15.4 Å². The van der Waals surface area contributed by atoms with Gasteiger partial charge < -0.3 is 15.4 Å². The van der Waals surface area contributed by atoms with Crippen molar-refractivity contribution in [3.63, 3.8) is 0 Å². The number of nitrogens with one attached hydrogen (secondary N) is 2. The Labute approximate surface area is 168 Å². The van der Waals surface area contributed by atoms with Crippen LogP contribution >= 0.6 is 11.6 Å². The van der Waals surface area contributed by atoms with Crippen molar-refractivity contribution >= 4 is 34.6 Å². The number of non-ortho nitro benzene ring substituents is 1. The number of amides is 1. The first-order valence-corrected chi connectivity index (χ1v) is 9.58. The summed E-state index contributed by atoms with van der Waals surface area (Å²) in [5, 5.41) is 16.7. The minimum Gasteiger partial charge on any atom is -0.490 e. The number of anilines is 2. The molecular formula is C20H22ClN3O4. The molecule has 2 N–H and O–H groups in total. The molecule has 1 unspecified atom stereocenters. The Kier molecular flexibility index (Phi) is 6.36. The largest absolute Gasteiger partial charge is 0.490 e. The van der Waals surface area contributed by atoms with Crippen LogP contribution in [0, 0.1) is 10.1 Å². The van der Waals surface area contributed by atoms with E-state index in [0.29, 0.717) is 5.69 Å². The average molecular weight is 404 g/mol. The highest BCUT2D eigenvalue weighted by Gasteiger charge is 2.18. The number of rotatable bonds is 7. The van der Waals surface area contributed by atoms with Crippen molar-refractivity contribution in [2.45, 2.75) is 44.8 Å². The van der Waals surface area contributed by atoms with Crippen molar-refractivity contribution < 1.29 is 14.5 Å². The number of nitrogens with zero attached hydrogens (tertiary/aromatic N) is 1. The zero-order valence-electron chi connectivity index (χ0n) is 15.5. The van der Waals surface area contributed by atoms with Crippen LogP contribution in [0.5, 0.6) is 5.75 Å². The number of nitro benzene ring substituents is 1.